The van der Waals surface area contributed by atoms with E-state index in [0.29, 0.717) is 5.56 Å². The van der Waals surface area contributed by atoms with Gasteiger partial charge in [0.15, 0.2) is 24.6 Å². The maximum Gasteiger partial charge on any atom is 0.335 e. The van der Waals surface area contributed by atoms with Gasteiger partial charge in [0.05, 0.1) is 6.04 Å². The minimum Gasteiger partial charge on any atom is -0.479 e. The summed E-state index contributed by atoms with van der Waals surface area (Å²) in [5.74, 6) is -1.86. The standard InChI is InChI=1S/C16H20N2O8/c1-17-8(5-9(19)14(17)23)7-3-2-4-18(6-7)15-12(22)10(20)11(21)13(26-15)16(24)25/h2-4,6,8-13,15,19-22H,5H2,1H3/p+1/t8?,9-,10+,11-,12?,13?,15+/m0/s1. The zero-order chi connectivity index (χ0) is 19.2. The number of hydrogen-bond donors (Lipinski definition) is 5. The summed E-state index contributed by atoms with van der Waals surface area (Å²) in [7, 11) is 1.56. The molecule has 0 aliphatic carbocycles. The van der Waals surface area contributed by atoms with Crippen LogP contribution in [0.25, 0.3) is 0 Å². The Kier molecular flexibility index (Phi) is 4.95. The topological polar surface area (TPSA) is 152 Å². The lowest BCUT2D eigenvalue weighted by Crippen LogP contribution is -2.63. The Labute approximate surface area is 148 Å². The van der Waals surface area contributed by atoms with Gasteiger partial charge in [-0.15, -0.1) is 0 Å². The molecule has 10 nitrogen and oxygen atoms in total. The van der Waals surface area contributed by atoms with E-state index in [1.807, 2.05) is 0 Å². The van der Waals surface area contributed by atoms with Gasteiger partial charge in [0, 0.05) is 25.1 Å². The van der Waals surface area contributed by atoms with Crippen LogP contribution in [0.5, 0.6) is 0 Å². The molecule has 0 saturated carbocycles. The van der Waals surface area contributed by atoms with Crippen LogP contribution >= 0.6 is 0 Å². The SMILES string of the molecule is CN1C(=O)[C@@H](O)CC1c1ccc[n+]([C@@H]2OC(C(=O)O)[C@@H](O)[C@@H](O)C2O)c1. The Bertz CT molecular complexity index is 713. The van der Waals surface area contributed by atoms with Crippen LogP contribution in [-0.4, -0.2) is 79.9 Å². The van der Waals surface area contributed by atoms with Gasteiger partial charge in [-0.2, -0.15) is 4.57 Å². The Morgan fingerprint density at radius 2 is 1.92 bits per heavy atom. The summed E-state index contributed by atoms with van der Waals surface area (Å²) in [6.07, 6.45) is -5.82. The van der Waals surface area contributed by atoms with Crippen molar-refractivity contribution in [1.29, 1.82) is 0 Å². The molecule has 0 radical (unpaired) electrons. The third kappa shape index (κ3) is 3.06. The van der Waals surface area contributed by atoms with Gasteiger partial charge in [0.2, 0.25) is 0 Å². The lowest BCUT2D eigenvalue weighted by molar-refractivity contribution is -0.777. The monoisotopic (exact) mass is 369 g/mol. The van der Waals surface area contributed by atoms with E-state index in [4.69, 9.17) is 9.84 Å². The summed E-state index contributed by atoms with van der Waals surface area (Å²) in [4.78, 5) is 24.4. The summed E-state index contributed by atoms with van der Waals surface area (Å²) < 4.78 is 6.66. The van der Waals surface area contributed by atoms with Gasteiger partial charge in [-0.05, 0) is 6.07 Å². The van der Waals surface area contributed by atoms with Crippen molar-refractivity contribution in [2.45, 2.75) is 49.2 Å². The summed E-state index contributed by atoms with van der Waals surface area (Å²) >= 11 is 0. The quantitative estimate of drug-likeness (QED) is 0.361. The maximum absolute atomic E-state index is 11.8. The van der Waals surface area contributed by atoms with Gasteiger partial charge in [-0.1, -0.05) is 0 Å². The molecule has 3 unspecified atom stereocenters. The van der Waals surface area contributed by atoms with Crippen LogP contribution in [0.2, 0.25) is 0 Å². The first kappa shape index (κ1) is 18.7. The van der Waals surface area contributed by atoms with Gasteiger partial charge < -0.3 is 35.2 Å². The van der Waals surface area contributed by atoms with Gasteiger partial charge in [-0.3, -0.25) is 4.79 Å². The molecule has 3 heterocycles. The van der Waals surface area contributed by atoms with Crippen LogP contribution in [0.15, 0.2) is 24.5 Å². The smallest absolute Gasteiger partial charge is 0.335 e. The van der Waals surface area contributed by atoms with Crippen LogP contribution in [0.3, 0.4) is 0 Å². The van der Waals surface area contributed by atoms with Gasteiger partial charge in [0.25, 0.3) is 12.1 Å². The van der Waals surface area contributed by atoms with Crippen molar-refractivity contribution in [3.63, 3.8) is 0 Å². The third-order valence-corrected chi connectivity index (χ3v) is 4.90. The summed E-state index contributed by atoms with van der Waals surface area (Å²) in [6, 6.07) is 2.94. The highest BCUT2D eigenvalue weighted by Gasteiger charge is 2.51. The number of aliphatic carboxylic acids is 1. The second-order valence-electron chi connectivity index (χ2n) is 6.56. The fraction of sp³-hybridized carbons (Fsp3) is 0.562. The highest BCUT2D eigenvalue weighted by molar-refractivity contribution is 5.83. The molecule has 2 aliphatic heterocycles. The average Bonchev–Trinajstić information content (AvgIpc) is 2.87. The highest BCUT2D eigenvalue weighted by atomic mass is 16.6. The number of aliphatic hydroxyl groups is 4. The molecule has 0 spiro atoms. The van der Waals surface area contributed by atoms with Gasteiger partial charge >= 0.3 is 5.97 Å². The number of rotatable bonds is 3. The molecule has 3 rings (SSSR count). The number of carboxylic acid groups (broad SMARTS) is 1. The second kappa shape index (κ2) is 6.89. The molecule has 0 bridgehead atoms. The molecule has 0 aromatic carbocycles. The number of aliphatic hydroxyl groups excluding tert-OH is 4. The molecule has 2 aliphatic rings. The first-order valence-corrected chi connectivity index (χ1v) is 8.10. The Morgan fingerprint density at radius 1 is 1.23 bits per heavy atom. The number of nitrogens with zero attached hydrogens (tertiary/aromatic N) is 2. The fourth-order valence-corrected chi connectivity index (χ4v) is 3.40. The Hall–Kier alpha value is -2.11. The van der Waals surface area contributed by atoms with Crippen molar-refractivity contribution >= 4 is 11.9 Å². The maximum atomic E-state index is 11.8. The van der Waals surface area contributed by atoms with Crippen molar-refractivity contribution < 1.29 is 44.4 Å². The molecule has 26 heavy (non-hydrogen) atoms. The number of pyridine rings is 1. The molecular formula is C16H21N2O8+. The summed E-state index contributed by atoms with van der Waals surface area (Å²) in [5.41, 5.74) is 0.642. The van der Waals surface area contributed by atoms with Crippen molar-refractivity contribution in [2.75, 3.05) is 7.05 Å². The zero-order valence-electron chi connectivity index (χ0n) is 13.9. The van der Waals surface area contributed by atoms with Crippen molar-refractivity contribution in [2.24, 2.45) is 0 Å². The van der Waals surface area contributed by atoms with Crippen molar-refractivity contribution in [3.05, 3.63) is 30.1 Å². The molecule has 1 aromatic heterocycles. The number of likely N-dealkylation sites (N-methyl/N-ethyl adjacent to an activating group) is 1. The van der Waals surface area contributed by atoms with Gasteiger partial charge in [0.1, 0.15) is 18.3 Å². The number of amides is 1. The second-order valence-corrected chi connectivity index (χ2v) is 6.56. The molecule has 5 N–H and O–H groups in total. The molecule has 1 amide bonds. The lowest BCUT2D eigenvalue weighted by atomic mass is 9.97. The van der Waals surface area contributed by atoms with E-state index in [1.165, 1.54) is 15.7 Å². The predicted octanol–water partition coefficient (Wildman–Crippen LogP) is -2.70. The van der Waals surface area contributed by atoms with E-state index in [0.717, 1.165) is 0 Å². The number of hydrogen-bond acceptors (Lipinski definition) is 7. The molecule has 2 fully saturated rings. The molecule has 142 valence electrons. The summed E-state index contributed by atoms with van der Waals surface area (Å²) in [5, 5.41) is 48.8. The number of carbonyl (C=O) groups is 2. The zero-order valence-corrected chi connectivity index (χ0v) is 13.9. The van der Waals surface area contributed by atoms with Crippen LogP contribution in [-0.2, 0) is 14.3 Å². The van der Waals surface area contributed by atoms with E-state index < -0.39 is 54.7 Å². The molecule has 10 heteroatoms. The van der Waals surface area contributed by atoms with E-state index in [-0.39, 0.29) is 6.42 Å². The number of likely N-dealkylation sites (tertiary alicyclic amines) is 1. The average molecular weight is 369 g/mol. The predicted molar refractivity (Wildman–Crippen MR) is 82.3 cm³/mol. The number of carboxylic acids is 1. The first-order valence-electron chi connectivity index (χ1n) is 8.10. The number of carbonyl (C=O) groups excluding carboxylic acids is 1. The molecule has 7 atom stereocenters. The fourth-order valence-electron chi connectivity index (χ4n) is 3.40. The highest BCUT2D eigenvalue weighted by Crippen LogP contribution is 2.31. The van der Waals surface area contributed by atoms with E-state index in [1.54, 1.807) is 25.4 Å². The molecular weight excluding hydrogens is 348 g/mol. The van der Waals surface area contributed by atoms with Crippen LogP contribution < -0.4 is 4.57 Å². The first-order chi connectivity index (χ1) is 12.2. The molecule has 1 aromatic rings. The largest absolute Gasteiger partial charge is 0.479 e. The van der Waals surface area contributed by atoms with Crippen LogP contribution in [0.1, 0.15) is 24.3 Å². The Morgan fingerprint density at radius 3 is 2.50 bits per heavy atom. The van der Waals surface area contributed by atoms with Gasteiger partial charge in [-0.25, -0.2) is 4.79 Å². The van der Waals surface area contributed by atoms with Crippen molar-refractivity contribution in [3.8, 4) is 0 Å². The van der Waals surface area contributed by atoms with Crippen LogP contribution in [0.4, 0.5) is 0 Å². The van der Waals surface area contributed by atoms with Crippen LogP contribution in [0, 0.1) is 0 Å². The third-order valence-electron chi connectivity index (χ3n) is 4.90. The number of aromatic nitrogens is 1. The van der Waals surface area contributed by atoms with Crippen molar-refractivity contribution in [1.82, 2.24) is 4.90 Å². The normalized spacial score (nSPS) is 37.8. The minimum absolute atomic E-state index is 0.201. The van der Waals surface area contributed by atoms with E-state index >= 15 is 0 Å². The molecule has 2 saturated heterocycles. The van der Waals surface area contributed by atoms with E-state index in [2.05, 4.69) is 0 Å². The Balaban J connectivity index is 1.90. The minimum atomic E-state index is -1.77. The number of ether oxygens (including phenoxy) is 1. The van der Waals surface area contributed by atoms with E-state index in [9.17, 15) is 30.0 Å². The summed E-state index contributed by atoms with van der Waals surface area (Å²) in [6.45, 7) is 0. The lowest BCUT2D eigenvalue weighted by Gasteiger charge is -2.35.